The first kappa shape index (κ1) is 21.1. The molecule has 0 bridgehead atoms. The van der Waals surface area contributed by atoms with E-state index in [9.17, 15) is 18.0 Å². The van der Waals surface area contributed by atoms with Crippen LogP contribution in [-0.2, 0) is 19.4 Å². The van der Waals surface area contributed by atoms with Crippen molar-refractivity contribution < 1.29 is 27.5 Å². The molecule has 0 saturated carbocycles. The minimum Gasteiger partial charge on any atom is -0.497 e. The van der Waals surface area contributed by atoms with E-state index in [0.29, 0.717) is 17.0 Å². The van der Waals surface area contributed by atoms with Gasteiger partial charge in [0.1, 0.15) is 10.6 Å². The van der Waals surface area contributed by atoms with E-state index in [2.05, 4.69) is 5.32 Å². The Morgan fingerprint density at radius 3 is 2.35 bits per heavy atom. The fourth-order valence-electron chi connectivity index (χ4n) is 3.52. The number of rotatable bonds is 5. The van der Waals surface area contributed by atoms with Gasteiger partial charge in [-0.1, -0.05) is 12.1 Å². The third-order valence-corrected chi connectivity index (χ3v) is 8.19. The van der Waals surface area contributed by atoms with Gasteiger partial charge in [0.25, 0.3) is 0 Å². The number of fused-ring (bicyclic) bond motifs is 1. The topological polar surface area (TPSA) is 98.8 Å². The second kappa shape index (κ2) is 8.16. The largest absolute Gasteiger partial charge is 0.497 e. The molecule has 2 aromatic carbocycles. The Hall–Kier alpha value is -3.17. The second-order valence-corrected chi connectivity index (χ2v) is 9.77. The molecule has 0 saturated heterocycles. The maximum absolute atomic E-state index is 13.2. The molecule has 0 fully saturated rings. The van der Waals surface area contributed by atoms with Crippen LogP contribution in [0.15, 0.2) is 63.7 Å². The van der Waals surface area contributed by atoms with Crippen molar-refractivity contribution in [1.29, 1.82) is 0 Å². The van der Waals surface area contributed by atoms with Crippen LogP contribution < -0.4 is 10.1 Å². The number of esters is 1. The Morgan fingerprint density at radius 1 is 1.06 bits per heavy atom. The lowest BCUT2D eigenvalue weighted by atomic mass is 9.90. The summed E-state index contributed by atoms with van der Waals surface area (Å²) in [5, 5.41) is 4.30. The van der Waals surface area contributed by atoms with Crippen molar-refractivity contribution in [3.8, 4) is 5.75 Å². The van der Waals surface area contributed by atoms with Crippen LogP contribution in [-0.4, -0.2) is 34.5 Å². The van der Waals surface area contributed by atoms with Crippen molar-refractivity contribution in [3.05, 3.63) is 69.9 Å². The standard InChI is InChI=1S/C22H19NO6S2/c1-28-15-7-9-16(10-8-15)31(26,27)18-12-30-21-17(11-19(24)23-20(18)21)13-3-5-14(6-4-13)22(25)29-2/h3-10,12,17H,11H2,1-2H3,(H,23,24)/t17-/m1/s1. The molecule has 0 unspecified atom stereocenters. The van der Waals surface area contributed by atoms with E-state index in [-0.39, 0.29) is 28.0 Å². The van der Waals surface area contributed by atoms with E-state index in [1.54, 1.807) is 41.8 Å². The van der Waals surface area contributed by atoms with Gasteiger partial charge in [-0.2, -0.15) is 0 Å². The first-order valence-electron chi connectivity index (χ1n) is 9.33. The van der Waals surface area contributed by atoms with E-state index >= 15 is 0 Å². The molecule has 1 aliphatic rings. The van der Waals surface area contributed by atoms with E-state index < -0.39 is 15.8 Å². The number of sulfone groups is 1. The first-order valence-corrected chi connectivity index (χ1v) is 11.7. The monoisotopic (exact) mass is 457 g/mol. The summed E-state index contributed by atoms with van der Waals surface area (Å²) in [5.41, 5.74) is 1.54. The first-order chi connectivity index (χ1) is 14.8. The molecule has 1 amide bonds. The van der Waals surface area contributed by atoms with Crippen molar-refractivity contribution in [1.82, 2.24) is 0 Å². The number of anilines is 1. The third kappa shape index (κ3) is 3.82. The lowest BCUT2D eigenvalue weighted by Gasteiger charge is -2.24. The number of hydrogen-bond donors (Lipinski definition) is 1. The van der Waals surface area contributed by atoms with Gasteiger partial charge in [-0.05, 0) is 42.0 Å². The van der Waals surface area contributed by atoms with Crippen LogP contribution >= 0.6 is 11.3 Å². The molecule has 31 heavy (non-hydrogen) atoms. The fourth-order valence-corrected chi connectivity index (χ4v) is 6.43. The highest BCUT2D eigenvalue weighted by Gasteiger charge is 2.34. The number of carbonyl (C=O) groups is 2. The molecular weight excluding hydrogens is 438 g/mol. The molecule has 7 nitrogen and oxygen atoms in total. The van der Waals surface area contributed by atoms with Crippen molar-refractivity contribution >= 4 is 38.7 Å². The van der Waals surface area contributed by atoms with Gasteiger partial charge in [-0.25, -0.2) is 13.2 Å². The Balaban J connectivity index is 1.73. The van der Waals surface area contributed by atoms with Crippen LogP contribution in [0.4, 0.5) is 5.69 Å². The number of methoxy groups -OCH3 is 2. The summed E-state index contributed by atoms with van der Waals surface area (Å²) in [6, 6.07) is 12.9. The number of ether oxygens (including phenoxy) is 2. The fraction of sp³-hybridized carbons (Fsp3) is 0.182. The summed E-state index contributed by atoms with van der Waals surface area (Å²) in [6.07, 6.45) is 0.188. The summed E-state index contributed by atoms with van der Waals surface area (Å²) in [7, 11) is -1.02. The highest BCUT2D eigenvalue weighted by atomic mass is 32.2. The molecule has 0 radical (unpaired) electrons. The number of carbonyl (C=O) groups excluding carboxylic acids is 2. The number of hydrogen-bond acceptors (Lipinski definition) is 7. The van der Waals surface area contributed by atoms with E-state index in [1.165, 1.54) is 37.7 Å². The molecule has 4 rings (SSSR count). The van der Waals surface area contributed by atoms with Crippen molar-refractivity contribution in [2.24, 2.45) is 0 Å². The zero-order valence-electron chi connectivity index (χ0n) is 16.7. The molecule has 0 aliphatic carbocycles. The number of benzene rings is 2. The molecule has 1 atom stereocenters. The van der Waals surface area contributed by atoms with Crippen LogP contribution in [0.3, 0.4) is 0 Å². The summed E-state index contributed by atoms with van der Waals surface area (Å²) in [5.74, 6) is -0.466. The molecule has 1 aromatic heterocycles. The van der Waals surface area contributed by atoms with Crippen molar-refractivity contribution in [2.45, 2.75) is 22.1 Å². The Bertz CT molecular complexity index is 1240. The molecule has 9 heteroatoms. The average molecular weight is 458 g/mol. The predicted octanol–water partition coefficient (Wildman–Crippen LogP) is 3.85. The normalized spacial score (nSPS) is 15.7. The quantitative estimate of drug-likeness (QED) is 0.585. The zero-order chi connectivity index (χ0) is 22.2. The maximum atomic E-state index is 13.2. The summed E-state index contributed by atoms with van der Waals surface area (Å²) in [4.78, 5) is 25.1. The minimum absolute atomic E-state index is 0.0712. The van der Waals surface area contributed by atoms with Crippen molar-refractivity contribution in [3.63, 3.8) is 0 Å². The third-order valence-electron chi connectivity index (χ3n) is 5.15. The SMILES string of the molecule is COC(=O)c1ccc([C@H]2CC(=O)Nc3c(S(=O)(=O)c4ccc(OC)cc4)csc32)cc1. The van der Waals surface area contributed by atoms with Gasteiger partial charge in [-0.15, -0.1) is 11.3 Å². The second-order valence-electron chi connectivity index (χ2n) is 6.94. The lowest BCUT2D eigenvalue weighted by molar-refractivity contribution is -0.116. The number of thiophene rings is 1. The smallest absolute Gasteiger partial charge is 0.337 e. The van der Waals surface area contributed by atoms with Gasteiger partial charge in [0, 0.05) is 22.6 Å². The van der Waals surface area contributed by atoms with Crippen LogP contribution in [0.2, 0.25) is 0 Å². The number of nitrogens with one attached hydrogen (secondary N) is 1. The molecule has 3 aromatic rings. The van der Waals surface area contributed by atoms with Crippen molar-refractivity contribution in [2.75, 3.05) is 19.5 Å². The Labute approximate surface area is 183 Å². The summed E-state index contributed by atoms with van der Waals surface area (Å²) >= 11 is 1.29. The average Bonchev–Trinajstić information content (AvgIpc) is 3.22. The molecule has 0 spiro atoms. The zero-order valence-corrected chi connectivity index (χ0v) is 18.4. The molecule has 1 aliphatic heterocycles. The van der Waals surface area contributed by atoms with Gasteiger partial charge < -0.3 is 14.8 Å². The highest BCUT2D eigenvalue weighted by Crippen LogP contribution is 2.45. The summed E-state index contributed by atoms with van der Waals surface area (Å²) < 4.78 is 36.3. The van der Waals surface area contributed by atoms with Gasteiger partial charge in [-0.3, -0.25) is 4.79 Å². The lowest BCUT2D eigenvalue weighted by Crippen LogP contribution is -2.23. The van der Waals surface area contributed by atoms with Gasteiger partial charge in [0.2, 0.25) is 15.7 Å². The molecular formula is C22H19NO6S2. The van der Waals surface area contributed by atoms with E-state index in [1.807, 2.05) is 0 Å². The molecule has 160 valence electrons. The van der Waals surface area contributed by atoms with Gasteiger partial charge in [0.15, 0.2) is 0 Å². The Morgan fingerprint density at radius 2 is 1.74 bits per heavy atom. The van der Waals surface area contributed by atoms with Crippen LogP contribution in [0.5, 0.6) is 5.75 Å². The molecule has 1 N–H and O–H groups in total. The van der Waals surface area contributed by atoms with E-state index in [0.717, 1.165) is 10.4 Å². The molecule has 2 heterocycles. The van der Waals surface area contributed by atoms with Crippen LogP contribution in [0, 0.1) is 0 Å². The summed E-state index contributed by atoms with van der Waals surface area (Å²) in [6.45, 7) is 0. The predicted molar refractivity (Wildman–Crippen MR) is 116 cm³/mol. The minimum atomic E-state index is -3.83. The van der Waals surface area contributed by atoms with Gasteiger partial charge >= 0.3 is 5.97 Å². The number of amides is 1. The Kier molecular flexibility index (Phi) is 5.55. The maximum Gasteiger partial charge on any atom is 0.337 e. The van der Waals surface area contributed by atoms with Crippen LogP contribution in [0.25, 0.3) is 0 Å². The van der Waals surface area contributed by atoms with Crippen LogP contribution in [0.1, 0.15) is 33.1 Å². The van der Waals surface area contributed by atoms with Gasteiger partial charge in [0.05, 0.1) is 30.4 Å². The highest BCUT2D eigenvalue weighted by molar-refractivity contribution is 7.91. The van der Waals surface area contributed by atoms with E-state index in [4.69, 9.17) is 9.47 Å².